The first-order valence-corrected chi connectivity index (χ1v) is 5.30. The molecule has 0 spiro atoms. The molecule has 0 aromatic heterocycles. The summed E-state index contributed by atoms with van der Waals surface area (Å²) in [5.74, 6) is -0.300. The van der Waals surface area contributed by atoms with Crippen molar-refractivity contribution >= 4 is 5.97 Å². The van der Waals surface area contributed by atoms with Gasteiger partial charge in [-0.05, 0) is 26.4 Å². The van der Waals surface area contributed by atoms with Crippen molar-refractivity contribution in [3.8, 4) is 0 Å². The van der Waals surface area contributed by atoms with Crippen LogP contribution in [-0.2, 0) is 9.53 Å². The molecule has 1 rings (SSSR count). The van der Waals surface area contributed by atoms with Crippen molar-refractivity contribution in [3.05, 3.63) is 12.3 Å². The van der Waals surface area contributed by atoms with Gasteiger partial charge in [0.2, 0.25) is 0 Å². The number of likely N-dealkylation sites (tertiary alicyclic amines) is 1. The van der Waals surface area contributed by atoms with E-state index in [0.29, 0.717) is 6.04 Å². The van der Waals surface area contributed by atoms with Crippen molar-refractivity contribution in [2.45, 2.75) is 18.9 Å². The third kappa shape index (κ3) is 3.91. The Bertz CT molecular complexity index is 241. The summed E-state index contributed by atoms with van der Waals surface area (Å²) >= 11 is 0. The lowest BCUT2D eigenvalue weighted by Gasteiger charge is -2.35. The van der Waals surface area contributed by atoms with Gasteiger partial charge in [0.05, 0.1) is 7.11 Å². The Labute approximate surface area is 91.5 Å². The number of hydrogen-bond donors (Lipinski definition) is 0. The number of carbonyl (C=O) groups is 1. The van der Waals surface area contributed by atoms with Crippen LogP contribution in [0.4, 0.5) is 0 Å². The lowest BCUT2D eigenvalue weighted by molar-refractivity contribution is -0.134. The van der Waals surface area contributed by atoms with Gasteiger partial charge in [0.15, 0.2) is 0 Å². The Morgan fingerprint density at radius 1 is 1.60 bits per heavy atom. The molecule has 0 aromatic carbocycles. The number of piperidine rings is 1. The van der Waals surface area contributed by atoms with Crippen molar-refractivity contribution in [1.82, 2.24) is 9.80 Å². The Balaban J connectivity index is 2.41. The monoisotopic (exact) mass is 212 g/mol. The van der Waals surface area contributed by atoms with Crippen LogP contribution in [0.25, 0.3) is 0 Å². The fraction of sp³-hybridized carbons (Fsp3) is 0.727. The molecule has 15 heavy (non-hydrogen) atoms. The molecule has 0 aliphatic carbocycles. The summed E-state index contributed by atoms with van der Waals surface area (Å²) < 4.78 is 4.55. The summed E-state index contributed by atoms with van der Waals surface area (Å²) in [6.45, 7) is 2.23. The van der Waals surface area contributed by atoms with Gasteiger partial charge in [-0.25, -0.2) is 4.79 Å². The standard InChI is InChI=1S/C11H20N2O2/c1-12-7-4-5-10(9-12)13(2)8-6-11(14)15-3/h6,8,10H,4-5,7,9H2,1-3H3. The van der Waals surface area contributed by atoms with E-state index >= 15 is 0 Å². The lowest BCUT2D eigenvalue weighted by atomic mass is 10.1. The van der Waals surface area contributed by atoms with Gasteiger partial charge in [-0.3, -0.25) is 0 Å². The number of likely N-dealkylation sites (N-methyl/N-ethyl adjacent to an activating group) is 2. The zero-order valence-corrected chi connectivity index (χ0v) is 9.77. The number of methoxy groups -OCH3 is 1. The molecule has 0 amide bonds. The topological polar surface area (TPSA) is 32.8 Å². The van der Waals surface area contributed by atoms with Crippen molar-refractivity contribution in [3.63, 3.8) is 0 Å². The minimum absolute atomic E-state index is 0.300. The first-order chi connectivity index (χ1) is 7.13. The average Bonchev–Trinajstić information content (AvgIpc) is 2.25. The molecule has 0 N–H and O–H groups in total. The van der Waals surface area contributed by atoms with Crippen molar-refractivity contribution < 1.29 is 9.53 Å². The van der Waals surface area contributed by atoms with E-state index < -0.39 is 0 Å². The molecule has 0 radical (unpaired) electrons. The van der Waals surface area contributed by atoms with Crippen LogP contribution in [0.15, 0.2) is 12.3 Å². The molecule has 86 valence electrons. The number of carbonyl (C=O) groups excluding carboxylic acids is 1. The van der Waals surface area contributed by atoms with E-state index in [0.717, 1.165) is 6.54 Å². The Morgan fingerprint density at radius 3 is 2.93 bits per heavy atom. The zero-order chi connectivity index (χ0) is 11.3. The molecule has 1 saturated heterocycles. The quantitative estimate of drug-likeness (QED) is 0.509. The average molecular weight is 212 g/mol. The fourth-order valence-corrected chi connectivity index (χ4v) is 1.84. The van der Waals surface area contributed by atoms with Gasteiger partial charge in [0, 0.05) is 31.9 Å². The third-order valence-corrected chi connectivity index (χ3v) is 2.82. The molecular weight excluding hydrogens is 192 g/mol. The summed E-state index contributed by atoms with van der Waals surface area (Å²) in [6.07, 6.45) is 5.67. The molecule has 1 aliphatic rings. The summed E-state index contributed by atoms with van der Waals surface area (Å²) in [5.41, 5.74) is 0. The van der Waals surface area contributed by atoms with Crippen molar-refractivity contribution in [2.75, 3.05) is 34.3 Å². The Morgan fingerprint density at radius 2 is 2.33 bits per heavy atom. The first-order valence-electron chi connectivity index (χ1n) is 5.30. The Hall–Kier alpha value is -1.03. The maximum atomic E-state index is 10.9. The second-order valence-corrected chi connectivity index (χ2v) is 4.06. The molecule has 0 aromatic rings. The maximum Gasteiger partial charge on any atom is 0.331 e. The normalized spacial score (nSPS) is 23.0. The predicted octanol–water partition coefficient (Wildman–Crippen LogP) is 0.699. The van der Waals surface area contributed by atoms with Crippen molar-refractivity contribution in [2.24, 2.45) is 0 Å². The van der Waals surface area contributed by atoms with Crippen LogP contribution in [0.5, 0.6) is 0 Å². The highest BCUT2D eigenvalue weighted by atomic mass is 16.5. The van der Waals surface area contributed by atoms with Crippen LogP contribution in [-0.4, -0.2) is 56.1 Å². The summed E-state index contributed by atoms with van der Waals surface area (Å²) in [4.78, 5) is 15.3. The summed E-state index contributed by atoms with van der Waals surface area (Å²) in [7, 11) is 5.52. The van der Waals surface area contributed by atoms with Crippen LogP contribution in [0.1, 0.15) is 12.8 Å². The maximum absolute atomic E-state index is 10.9. The second-order valence-electron chi connectivity index (χ2n) is 4.06. The van der Waals surface area contributed by atoms with E-state index in [9.17, 15) is 4.79 Å². The highest BCUT2D eigenvalue weighted by molar-refractivity contribution is 5.81. The largest absolute Gasteiger partial charge is 0.466 e. The molecule has 1 unspecified atom stereocenters. The van der Waals surface area contributed by atoms with E-state index in [1.54, 1.807) is 6.20 Å². The number of nitrogens with zero attached hydrogens (tertiary/aromatic N) is 2. The van der Waals surface area contributed by atoms with Gasteiger partial charge in [-0.2, -0.15) is 0 Å². The van der Waals surface area contributed by atoms with Crippen LogP contribution in [0.2, 0.25) is 0 Å². The summed E-state index contributed by atoms with van der Waals surface area (Å²) in [5, 5.41) is 0. The molecule has 0 bridgehead atoms. The number of hydrogen-bond acceptors (Lipinski definition) is 4. The van der Waals surface area contributed by atoms with Gasteiger partial charge in [0.25, 0.3) is 0 Å². The molecule has 1 heterocycles. The third-order valence-electron chi connectivity index (χ3n) is 2.82. The Kier molecular flexibility index (Phi) is 4.62. The van der Waals surface area contributed by atoms with Gasteiger partial charge in [0.1, 0.15) is 0 Å². The van der Waals surface area contributed by atoms with Crippen LogP contribution < -0.4 is 0 Å². The number of esters is 1. The highest BCUT2D eigenvalue weighted by Gasteiger charge is 2.18. The first kappa shape index (κ1) is 12.0. The fourth-order valence-electron chi connectivity index (χ4n) is 1.84. The SMILES string of the molecule is COC(=O)C=CN(C)C1CCCN(C)C1. The minimum atomic E-state index is -0.300. The van der Waals surface area contributed by atoms with E-state index in [2.05, 4.69) is 21.6 Å². The van der Waals surface area contributed by atoms with E-state index in [1.165, 1.54) is 32.6 Å². The molecular formula is C11H20N2O2. The smallest absolute Gasteiger partial charge is 0.331 e. The van der Waals surface area contributed by atoms with E-state index in [4.69, 9.17) is 0 Å². The van der Waals surface area contributed by atoms with Gasteiger partial charge in [-0.15, -0.1) is 0 Å². The number of rotatable bonds is 3. The molecule has 1 aliphatic heterocycles. The van der Waals surface area contributed by atoms with Crippen LogP contribution in [0.3, 0.4) is 0 Å². The summed E-state index contributed by atoms with van der Waals surface area (Å²) in [6, 6.07) is 0.504. The molecule has 1 fully saturated rings. The van der Waals surface area contributed by atoms with Crippen molar-refractivity contribution in [1.29, 1.82) is 0 Å². The molecule has 1 atom stereocenters. The van der Waals surface area contributed by atoms with Gasteiger partial charge < -0.3 is 14.5 Å². The minimum Gasteiger partial charge on any atom is -0.466 e. The van der Waals surface area contributed by atoms with Crippen LogP contribution in [0, 0.1) is 0 Å². The molecule has 4 nitrogen and oxygen atoms in total. The lowest BCUT2D eigenvalue weighted by Crippen LogP contribution is -2.42. The molecule has 0 saturated carbocycles. The van der Waals surface area contributed by atoms with E-state index in [-0.39, 0.29) is 5.97 Å². The second kappa shape index (κ2) is 5.75. The van der Waals surface area contributed by atoms with E-state index in [1.807, 2.05) is 7.05 Å². The van der Waals surface area contributed by atoms with Gasteiger partial charge >= 0.3 is 5.97 Å². The number of ether oxygens (including phenoxy) is 1. The predicted molar refractivity (Wildman–Crippen MR) is 59.4 cm³/mol. The van der Waals surface area contributed by atoms with Crippen LogP contribution >= 0.6 is 0 Å². The molecule has 4 heteroatoms. The zero-order valence-electron chi connectivity index (χ0n) is 9.77. The van der Waals surface area contributed by atoms with Gasteiger partial charge in [-0.1, -0.05) is 0 Å². The highest BCUT2D eigenvalue weighted by Crippen LogP contribution is 2.13.